The number of furan rings is 1. The van der Waals surface area contributed by atoms with Crippen molar-refractivity contribution in [1.82, 2.24) is 4.57 Å². The van der Waals surface area contributed by atoms with Gasteiger partial charge in [0.2, 0.25) is 0 Å². The van der Waals surface area contributed by atoms with Crippen molar-refractivity contribution in [3.05, 3.63) is 224 Å². The molecule has 0 fully saturated rings. The first-order chi connectivity index (χ1) is 28.8. The Morgan fingerprint density at radius 1 is 0.328 bits per heavy atom. The average molecular weight is 744 g/mol. The number of hydrogen-bond donors (Lipinski definition) is 0. The lowest BCUT2D eigenvalue weighted by Crippen LogP contribution is -2.10. The van der Waals surface area contributed by atoms with Crippen LogP contribution in [0.15, 0.2) is 229 Å². The molecule has 0 aliphatic heterocycles. The van der Waals surface area contributed by atoms with Crippen molar-refractivity contribution in [2.75, 3.05) is 9.80 Å². The molecule has 0 aliphatic carbocycles. The first-order valence-corrected chi connectivity index (χ1v) is 19.7. The van der Waals surface area contributed by atoms with Crippen LogP contribution >= 0.6 is 0 Å². The molecule has 0 amide bonds. The van der Waals surface area contributed by atoms with Crippen molar-refractivity contribution in [1.29, 1.82) is 0 Å². The number of aromatic nitrogens is 1. The fourth-order valence-corrected chi connectivity index (χ4v) is 8.52. The Balaban J connectivity index is 1.13. The molecule has 0 atom stereocenters. The van der Waals surface area contributed by atoms with E-state index in [0.29, 0.717) is 0 Å². The van der Waals surface area contributed by atoms with E-state index in [9.17, 15) is 0 Å². The molecule has 11 aromatic rings. The van der Waals surface area contributed by atoms with E-state index in [1.165, 1.54) is 11.1 Å². The van der Waals surface area contributed by atoms with E-state index in [2.05, 4.69) is 233 Å². The number of anilines is 6. The Morgan fingerprint density at radius 3 is 1.48 bits per heavy atom. The van der Waals surface area contributed by atoms with Crippen molar-refractivity contribution in [3.8, 4) is 16.8 Å². The van der Waals surface area contributed by atoms with Crippen LogP contribution in [0, 0.1) is 0 Å². The van der Waals surface area contributed by atoms with Crippen molar-refractivity contribution in [3.63, 3.8) is 0 Å². The molecule has 0 bridgehead atoms. The minimum absolute atomic E-state index is 0.885. The first kappa shape index (κ1) is 33.5. The van der Waals surface area contributed by atoms with Crippen molar-refractivity contribution >= 4 is 77.9 Å². The van der Waals surface area contributed by atoms with Crippen LogP contribution in [0.2, 0.25) is 0 Å². The molecule has 11 rings (SSSR count). The molecule has 0 spiro atoms. The van der Waals surface area contributed by atoms with Crippen LogP contribution in [-0.2, 0) is 0 Å². The van der Waals surface area contributed by atoms with Gasteiger partial charge in [-0.15, -0.1) is 0 Å². The summed E-state index contributed by atoms with van der Waals surface area (Å²) in [5.41, 5.74) is 13.9. The van der Waals surface area contributed by atoms with Gasteiger partial charge in [-0.2, -0.15) is 0 Å². The second kappa shape index (κ2) is 14.0. The minimum Gasteiger partial charge on any atom is -0.455 e. The second-order valence-electron chi connectivity index (χ2n) is 14.6. The molecule has 2 heterocycles. The lowest BCUT2D eigenvalue weighted by Gasteiger charge is -2.26. The van der Waals surface area contributed by atoms with Crippen LogP contribution in [0.25, 0.3) is 60.6 Å². The summed E-state index contributed by atoms with van der Waals surface area (Å²) in [4.78, 5) is 4.65. The van der Waals surface area contributed by atoms with Crippen molar-refractivity contribution in [2.45, 2.75) is 0 Å². The molecule has 0 unspecified atom stereocenters. The molecule has 4 nitrogen and oxygen atoms in total. The molecule has 0 N–H and O–H groups in total. The van der Waals surface area contributed by atoms with E-state index in [1.54, 1.807) is 0 Å². The molecule has 58 heavy (non-hydrogen) atoms. The highest BCUT2D eigenvalue weighted by molar-refractivity contribution is 6.24. The third kappa shape index (κ3) is 5.70. The number of hydrogen-bond acceptors (Lipinski definition) is 3. The van der Waals surface area contributed by atoms with Crippen LogP contribution in [0.1, 0.15) is 0 Å². The molecule has 0 aliphatic rings. The summed E-state index contributed by atoms with van der Waals surface area (Å²) in [5.74, 6) is 0. The largest absolute Gasteiger partial charge is 0.455 e. The average Bonchev–Trinajstić information content (AvgIpc) is 3.84. The highest BCUT2D eigenvalue weighted by Crippen LogP contribution is 2.44. The third-order valence-corrected chi connectivity index (χ3v) is 11.1. The molecule has 0 radical (unpaired) electrons. The number of para-hydroxylation sites is 4. The maximum atomic E-state index is 6.78. The summed E-state index contributed by atoms with van der Waals surface area (Å²) in [6, 6.07) is 79.7. The zero-order valence-corrected chi connectivity index (χ0v) is 31.6. The van der Waals surface area contributed by atoms with Gasteiger partial charge in [0, 0.05) is 56.0 Å². The van der Waals surface area contributed by atoms with Gasteiger partial charge in [-0.25, -0.2) is 0 Å². The molecule has 0 saturated carbocycles. The maximum Gasteiger partial charge on any atom is 0.145 e. The predicted molar refractivity (Wildman–Crippen MR) is 243 cm³/mol. The van der Waals surface area contributed by atoms with Crippen LogP contribution in [0.4, 0.5) is 34.1 Å². The van der Waals surface area contributed by atoms with Crippen LogP contribution in [-0.4, -0.2) is 4.57 Å². The van der Waals surface area contributed by atoms with Gasteiger partial charge >= 0.3 is 0 Å². The molecular formula is C54H37N3O. The quantitative estimate of drug-likeness (QED) is 0.155. The summed E-state index contributed by atoms with van der Waals surface area (Å²) >= 11 is 0. The van der Waals surface area contributed by atoms with Gasteiger partial charge in [-0.3, -0.25) is 0 Å². The monoisotopic (exact) mass is 743 g/mol. The van der Waals surface area contributed by atoms with Crippen LogP contribution < -0.4 is 9.80 Å². The topological polar surface area (TPSA) is 24.6 Å². The lowest BCUT2D eigenvalue weighted by molar-refractivity contribution is 0.673. The van der Waals surface area contributed by atoms with Crippen LogP contribution in [0.3, 0.4) is 0 Å². The zero-order valence-electron chi connectivity index (χ0n) is 31.6. The number of benzene rings is 9. The maximum absolute atomic E-state index is 6.78. The SMILES string of the molecule is c1ccc(-c2ccc(N(c3ccccc3)c3cccc(-n4c5ccc(N(c6ccccc6)c6ccccc6)cc5c5c6oc7ccccc7c6ccc54)c3)cc2)cc1. The predicted octanol–water partition coefficient (Wildman–Crippen LogP) is 15.3. The normalized spacial score (nSPS) is 11.4. The summed E-state index contributed by atoms with van der Waals surface area (Å²) in [6.45, 7) is 0. The van der Waals surface area contributed by atoms with E-state index < -0.39 is 0 Å². The number of fused-ring (bicyclic) bond motifs is 7. The van der Waals surface area contributed by atoms with E-state index in [1.807, 2.05) is 6.07 Å². The molecule has 4 heteroatoms. The Bertz CT molecular complexity index is 3170. The molecule has 0 saturated heterocycles. The Labute approximate surface area is 336 Å². The first-order valence-electron chi connectivity index (χ1n) is 19.7. The fraction of sp³-hybridized carbons (Fsp3) is 0. The lowest BCUT2D eigenvalue weighted by atomic mass is 10.0. The van der Waals surface area contributed by atoms with Crippen molar-refractivity contribution < 1.29 is 4.42 Å². The minimum atomic E-state index is 0.885. The fourth-order valence-electron chi connectivity index (χ4n) is 8.52. The zero-order chi connectivity index (χ0) is 38.4. The highest BCUT2D eigenvalue weighted by Gasteiger charge is 2.22. The van der Waals surface area contributed by atoms with Gasteiger partial charge in [0.25, 0.3) is 0 Å². The summed E-state index contributed by atoms with van der Waals surface area (Å²) in [6.07, 6.45) is 0. The highest BCUT2D eigenvalue weighted by atomic mass is 16.3. The molecule has 274 valence electrons. The number of rotatable bonds is 8. The van der Waals surface area contributed by atoms with Gasteiger partial charge in [0.1, 0.15) is 11.2 Å². The van der Waals surface area contributed by atoms with E-state index in [0.717, 1.165) is 83.6 Å². The van der Waals surface area contributed by atoms with Crippen LogP contribution in [0.5, 0.6) is 0 Å². The summed E-state index contributed by atoms with van der Waals surface area (Å²) < 4.78 is 9.17. The number of nitrogens with zero attached hydrogens (tertiary/aromatic N) is 3. The summed E-state index contributed by atoms with van der Waals surface area (Å²) in [5, 5.41) is 4.44. The van der Waals surface area contributed by atoms with E-state index >= 15 is 0 Å². The Hall–Kier alpha value is -7.82. The Morgan fingerprint density at radius 2 is 0.828 bits per heavy atom. The smallest absolute Gasteiger partial charge is 0.145 e. The third-order valence-electron chi connectivity index (χ3n) is 11.1. The van der Waals surface area contributed by atoms with Crippen molar-refractivity contribution in [2.24, 2.45) is 0 Å². The Kier molecular flexibility index (Phi) is 8.11. The van der Waals surface area contributed by atoms with Gasteiger partial charge in [-0.1, -0.05) is 121 Å². The standard InChI is InChI=1S/C54H37N3O/c1-5-16-38(17-6-1)39-28-30-43(31-29-39)56(42-22-11-4-12-23-42)44-24-15-25-45(36-44)57-50-34-32-46(55(40-18-7-2-8-19-40)41-20-9-3-10-21-41)37-49(50)53-51(57)35-33-48-47-26-13-14-27-52(47)58-54(48)53/h1-37H. The van der Waals surface area contributed by atoms with Gasteiger partial charge < -0.3 is 18.8 Å². The molecule has 9 aromatic carbocycles. The van der Waals surface area contributed by atoms with Gasteiger partial charge in [0.15, 0.2) is 0 Å². The van der Waals surface area contributed by atoms with Gasteiger partial charge in [0.05, 0.1) is 16.4 Å². The molecule has 2 aromatic heterocycles. The second-order valence-corrected chi connectivity index (χ2v) is 14.6. The van der Waals surface area contributed by atoms with E-state index in [4.69, 9.17) is 4.42 Å². The summed E-state index contributed by atoms with van der Waals surface area (Å²) in [7, 11) is 0. The van der Waals surface area contributed by atoms with E-state index in [-0.39, 0.29) is 0 Å². The molecular weight excluding hydrogens is 707 g/mol. The van der Waals surface area contributed by atoms with Gasteiger partial charge in [-0.05, 0) is 114 Å².